The third-order valence-corrected chi connectivity index (χ3v) is 8.11. The van der Waals surface area contributed by atoms with E-state index in [1.807, 2.05) is 0 Å². The monoisotopic (exact) mass is 288 g/mol. The summed E-state index contributed by atoms with van der Waals surface area (Å²) >= 11 is 0. The highest BCUT2D eigenvalue weighted by Gasteiger charge is 2.60. The Balaban J connectivity index is 1.68. The van der Waals surface area contributed by atoms with Gasteiger partial charge in [-0.3, -0.25) is 9.59 Å². The number of hydrogen-bond acceptors (Lipinski definition) is 2. The molecule has 0 spiro atoms. The van der Waals surface area contributed by atoms with Crippen LogP contribution in [0.5, 0.6) is 0 Å². The van der Waals surface area contributed by atoms with E-state index in [1.165, 1.54) is 19.3 Å². The zero-order chi connectivity index (χ0) is 14.8. The van der Waals surface area contributed by atoms with E-state index < -0.39 is 0 Å². The second-order valence-corrected chi connectivity index (χ2v) is 8.75. The zero-order valence-electron chi connectivity index (χ0n) is 13.5. The Morgan fingerprint density at radius 2 is 1.71 bits per heavy atom. The molecule has 0 N–H and O–H groups in total. The molecule has 4 aliphatic rings. The molecule has 2 nitrogen and oxygen atoms in total. The summed E-state index contributed by atoms with van der Waals surface area (Å²) in [5.74, 6) is 3.41. The summed E-state index contributed by atoms with van der Waals surface area (Å²) in [4.78, 5) is 24.8. The van der Waals surface area contributed by atoms with Crippen LogP contribution in [0.25, 0.3) is 0 Å². The molecule has 0 amide bonds. The molecule has 116 valence electrons. The fraction of sp³-hybridized carbons (Fsp3) is 0.895. The minimum Gasteiger partial charge on any atom is -0.299 e. The van der Waals surface area contributed by atoms with Crippen LogP contribution >= 0.6 is 0 Å². The van der Waals surface area contributed by atoms with Gasteiger partial charge in [0.2, 0.25) is 0 Å². The van der Waals surface area contributed by atoms with Crippen LogP contribution in [0.3, 0.4) is 0 Å². The molecule has 4 aliphatic carbocycles. The minimum absolute atomic E-state index is 0.0248. The van der Waals surface area contributed by atoms with Crippen molar-refractivity contribution in [3.63, 3.8) is 0 Å². The first kappa shape index (κ1) is 14.0. The maximum Gasteiger partial charge on any atom is 0.139 e. The summed E-state index contributed by atoms with van der Waals surface area (Å²) in [6.45, 7) is 4.65. The second-order valence-electron chi connectivity index (χ2n) is 8.75. The number of Topliss-reactive ketones (excluding diaryl/α,β-unsaturated/α-hetero) is 2. The summed E-state index contributed by atoms with van der Waals surface area (Å²) in [6.07, 6.45) is 9.63. The molecule has 21 heavy (non-hydrogen) atoms. The van der Waals surface area contributed by atoms with E-state index in [0.717, 1.165) is 38.5 Å². The molecular formula is C19H28O2. The van der Waals surface area contributed by atoms with Crippen molar-refractivity contribution in [2.45, 2.75) is 71.6 Å². The highest BCUT2D eigenvalue weighted by molar-refractivity contribution is 5.87. The summed E-state index contributed by atoms with van der Waals surface area (Å²) < 4.78 is 0. The Morgan fingerprint density at radius 3 is 2.52 bits per heavy atom. The Bertz CT molecular complexity index is 496. The molecule has 4 fully saturated rings. The summed E-state index contributed by atoms with van der Waals surface area (Å²) in [5.41, 5.74) is 0.217. The molecule has 0 radical (unpaired) electrons. The first-order valence-electron chi connectivity index (χ1n) is 9.03. The van der Waals surface area contributed by atoms with Crippen molar-refractivity contribution in [1.29, 1.82) is 0 Å². The zero-order valence-corrected chi connectivity index (χ0v) is 13.5. The van der Waals surface area contributed by atoms with Crippen molar-refractivity contribution < 1.29 is 9.59 Å². The van der Waals surface area contributed by atoms with Gasteiger partial charge < -0.3 is 0 Å². The Kier molecular flexibility index (Phi) is 2.94. The van der Waals surface area contributed by atoms with Crippen molar-refractivity contribution in [1.82, 2.24) is 0 Å². The Labute approximate surface area is 128 Å². The fourth-order valence-corrected chi connectivity index (χ4v) is 6.93. The van der Waals surface area contributed by atoms with Gasteiger partial charge in [-0.2, -0.15) is 0 Å². The Hall–Kier alpha value is -0.660. The van der Waals surface area contributed by atoms with Crippen LogP contribution in [-0.4, -0.2) is 11.6 Å². The van der Waals surface area contributed by atoms with Gasteiger partial charge in [-0.05, 0) is 68.1 Å². The average Bonchev–Trinajstić information content (AvgIpc) is 2.75. The topological polar surface area (TPSA) is 34.1 Å². The predicted molar refractivity (Wildman–Crippen MR) is 81.7 cm³/mol. The van der Waals surface area contributed by atoms with Gasteiger partial charge in [0.05, 0.1) is 0 Å². The predicted octanol–water partition coefficient (Wildman–Crippen LogP) is 4.17. The highest BCUT2D eigenvalue weighted by atomic mass is 16.1. The Morgan fingerprint density at radius 1 is 0.905 bits per heavy atom. The van der Waals surface area contributed by atoms with E-state index in [0.29, 0.717) is 35.2 Å². The molecule has 4 saturated carbocycles. The SMILES string of the molecule is C[C@]12CCCC(=O)C1CC[C@@H]1[C@@H]2CC[C@]2(C)C(=O)CC[C@@H]12. The van der Waals surface area contributed by atoms with Gasteiger partial charge in [-0.15, -0.1) is 0 Å². The number of carbonyl (C=O) groups is 2. The molecule has 0 aromatic rings. The molecular weight excluding hydrogens is 260 g/mol. The molecule has 4 rings (SSSR count). The third-order valence-electron chi connectivity index (χ3n) is 8.11. The molecule has 6 atom stereocenters. The number of fused-ring (bicyclic) bond motifs is 5. The van der Waals surface area contributed by atoms with Crippen molar-refractivity contribution in [3.05, 3.63) is 0 Å². The molecule has 0 saturated heterocycles. The van der Waals surface area contributed by atoms with Gasteiger partial charge in [0.25, 0.3) is 0 Å². The van der Waals surface area contributed by atoms with E-state index in [4.69, 9.17) is 0 Å². The number of carbonyl (C=O) groups excluding carboxylic acids is 2. The maximum atomic E-state index is 12.4. The van der Waals surface area contributed by atoms with Crippen LogP contribution in [-0.2, 0) is 9.59 Å². The van der Waals surface area contributed by atoms with Gasteiger partial charge in [0.1, 0.15) is 11.6 Å². The fourth-order valence-electron chi connectivity index (χ4n) is 6.93. The molecule has 0 aromatic carbocycles. The van der Waals surface area contributed by atoms with Crippen LogP contribution in [0.1, 0.15) is 71.6 Å². The molecule has 0 heterocycles. The molecule has 0 bridgehead atoms. The lowest BCUT2D eigenvalue weighted by molar-refractivity contribution is -0.151. The quantitative estimate of drug-likeness (QED) is 0.670. The third kappa shape index (κ3) is 1.71. The first-order chi connectivity index (χ1) is 9.97. The summed E-state index contributed by atoms with van der Waals surface area (Å²) in [5, 5.41) is 0. The number of hydrogen-bond donors (Lipinski definition) is 0. The van der Waals surface area contributed by atoms with Crippen LogP contribution in [0.15, 0.2) is 0 Å². The van der Waals surface area contributed by atoms with E-state index in [2.05, 4.69) is 13.8 Å². The van der Waals surface area contributed by atoms with Crippen molar-refractivity contribution in [2.75, 3.05) is 0 Å². The van der Waals surface area contributed by atoms with Gasteiger partial charge in [-0.1, -0.05) is 13.8 Å². The maximum absolute atomic E-state index is 12.4. The van der Waals surface area contributed by atoms with Crippen LogP contribution < -0.4 is 0 Å². The second kappa shape index (κ2) is 4.43. The smallest absolute Gasteiger partial charge is 0.139 e. The van der Waals surface area contributed by atoms with Crippen molar-refractivity contribution in [3.8, 4) is 0 Å². The molecule has 0 aromatic heterocycles. The molecule has 1 unspecified atom stereocenters. The first-order valence-corrected chi connectivity index (χ1v) is 9.03. The van der Waals surface area contributed by atoms with Crippen LogP contribution in [0.4, 0.5) is 0 Å². The molecule has 2 heteroatoms. The van der Waals surface area contributed by atoms with Gasteiger partial charge >= 0.3 is 0 Å². The van der Waals surface area contributed by atoms with Gasteiger partial charge in [-0.25, -0.2) is 0 Å². The van der Waals surface area contributed by atoms with Gasteiger partial charge in [0, 0.05) is 24.2 Å². The lowest BCUT2D eigenvalue weighted by Gasteiger charge is -2.58. The lowest BCUT2D eigenvalue weighted by Crippen LogP contribution is -2.54. The van der Waals surface area contributed by atoms with Crippen LogP contribution in [0.2, 0.25) is 0 Å². The number of rotatable bonds is 0. The molecule has 0 aliphatic heterocycles. The van der Waals surface area contributed by atoms with E-state index in [9.17, 15) is 9.59 Å². The summed E-state index contributed by atoms with van der Waals surface area (Å²) in [7, 11) is 0. The van der Waals surface area contributed by atoms with E-state index >= 15 is 0 Å². The number of ketones is 2. The highest BCUT2D eigenvalue weighted by Crippen LogP contribution is 2.64. The van der Waals surface area contributed by atoms with Crippen LogP contribution in [0, 0.1) is 34.5 Å². The average molecular weight is 288 g/mol. The van der Waals surface area contributed by atoms with Crippen molar-refractivity contribution in [2.24, 2.45) is 34.5 Å². The van der Waals surface area contributed by atoms with E-state index in [1.54, 1.807) is 0 Å². The largest absolute Gasteiger partial charge is 0.299 e. The van der Waals surface area contributed by atoms with Gasteiger partial charge in [0.15, 0.2) is 0 Å². The summed E-state index contributed by atoms with van der Waals surface area (Å²) in [6, 6.07) is 0. The van der Waals surface area contributed by atoms with Crippen molar-refractivity contribution >= 4 is 11.6 Å². The standard InChI is InChI=1S/C19H28O2/c1-18-10-3-4-16(20)15(18)6-5-12-13-7-8-17(21)19(13,2)11-9-14(12)18/h12-15H,3-11H2,1-2H3/t12-,13-,14-,15?,18+,19-/m0/s1. The minimum atomic E-state index is -0.0248. The normalized spacial score (nSPS) is 53.0. The lowest BCUT2D eigenvalue weighted by atomic mass is 9.45. The van der Waals surface area contributed by atoms with E-state index in [-0.39, 0.29) is 10.8 Å².